The molecule has 1 amide bonds. The Morgan fingerprint density at radius 3 is 2.58 bits per heavy atom. The molecule has 9 nitrogen and oxygen atoms in total. The molecule has 0 atom stereocenters. The Hall–Kier alpha value is -4.71. The van der Waals surface area contributed by atoms with Crippen LogP contribution >= 0.6 is 0 Å². The second-order valence-corrected chi connectivity index (χ2v) is 7.23. The van der Waals surface area contributed by atoms with Gasteiger partial charge in [0.15, 0.2) is 5.82 Å². The second-order valence-electron chi connectivity index (χ2n) is 7.23. The molecule has 1 aromatic carbocycles. The van der Waals surface area contributed by atoms with E-state index in [0.717, 1.165) is 28.4 Å². The molecule has 4 rings (SSSR count). The van der Waals surface area contributed by atoms with Gasteiger partial charge in [0.1, 0.15) is 30.0 Å². The van der Waals surface area contributed by atoms with Crippen LogP contribution in [0.2, 0.25) is 0 Å². The van der Waals surface area contributed by atoms with E-state index in [1.54, 1.807) is 25.3 Å². The maximum atomic E-state index is 12.7. The molecule has 0 spiro atoms. The van der Waals surface area contributed by atoms with Crippen molar-refractivity contribution >= 4 is 17.7 Å². The smallest absolute Gasteiger partial charge is 0.266 e. The number of hydrogen-bond acceptors (Lipinski definition) is 6. The molecule has 0 radical (unpaired) electrons. The monoisotopic (exact) mass is 439 g/mol. The third-order valence-corrected chi connectivity index (χ3v) is 5.13. The van der Waals surface area contributed by atoms with E-state index >= 15 is 0 Å². The minimum atomic E-state index is -0.512. The summed E-state index contributed by atoms with van der Waals surface area (Å²) in [6.45, 7) is 3.92. The number of hydrogen-bond donors (Lipinski definition) is 1. The molecule has 9 heteroatoms. The van der Waals surface area contributed by atoms with Crippen molar-refractivity contribution in [1.29, 1.82) is 5.26 Å². The van der Waals surface area contributed by atoms with Crippen LogP contribution in [0.1, 0.15) is 17.0 Å². The fourth-order valence-electron chi connectivity index (χ4n) is 3.49. The van der Waals surface area contributed by atoms with Crippen molar-refractivity contribution in [3.8, 4) is 23.3 Å². The molecule has 0 aliphatic rings. The molecule has 4 aromatic rings. The van der Waals surface area contributed by atoms with Gasteiger partial charge in [-0.3, -0.25) is 4.79 Å². The molecular weight excluding hydrogens is 418 g/mol. The van der Waals surface area contributed by atoms with Gasteiger partial charge in [-0.15, -0.1) is 0 Å². The first-order valence-electron chi connectivity index (χ1n) is 10.1. The highest BCUT2D eigenvalue weighted by molar-refractivity contribution is 6.09. The van der Waals surface area contributed by atoms with E-state index in [4.69, 9.17) is 4.74 Å². The van der Waals surface area contributed by atoms with Gasteiger partial charge in [0, 0.05) is 17.1 Å². The summed E-state index contributed by atoms with van der Waals surface area (Å²) in [7, 11) is 1.62. The van der Waals surface area contributed by atoms with E-state index in [1.807, 2.05) is 50.2 Å². The first kappa shape index (κ1) is 21.5. The highest BCUT2D eigenvalue weighted by atomic mass is 16.5. The number of aromatic nitrogens is 5. The third kappa shape index (κ3) is 4.50. The van der Waals surface area contributed by atoms with E-state index in [2.05, 4.69) is 25.0 Å². The van der Waals surface area contributed by atoms with Crippen molar-refractivity contribution < 1.29 is 9.53 Å². The molecule has 164 valence electrons. The van der Waals surface area contributed by atoms with Crippen molar-refractivity contribution in [1.82, 2.24) is 24.3 Å². The zero-order valence-corrected chi connectivity index (χ0v) is 18.4. The van der Waals surface area contributed by atoms with Gasteiger partial charge < -0.3 is 14.6 Å². The second kappa shape index (κ2) is 9.20. The van der Waals surface area contributed by atoms with Gasteiger partial charge >= 0.3 is 0 Å². The topological polar surface area (TPSA) is 111 Å². The minimum Gasteiger partial charge on any atom is -0.497 e. The zero-order valence-electron chi connectivity index (χ0n) is 18.4. The minimum absolute atomic E-state index is 0.00895. The Balaban J connectivity index is 1.56. The normalized spacial score (nSPS) is 11.2. The Labute approximate surface area is 190 Å². The van der Waals surface area contributed by atoms with Crippen LogP contribution in [-0.2, 0) is 4.79 Å². The average Bonchev–Trinajstić information content (AvgIpc) is 3.46. The van der Waals surface area contributed by atoms with Crippen LogP contribution in [0.3, 0.4) is 0 Å². The summed E-state index contributed by atoms with van der Waals surface area (Å²) in [5.74, 6) is 0.822. The number of rotatable bonds is 6. The van der Waals surface area contributed by atoms with E-state index in [9.17, 15) is 10.1 Å². The maximum absolute atomic E-state index is 12.7. The summed E-state index contributed by atoms with van der Waals surface area (Å²) in [6.07, 6.45) is 6.03. The van der Waals surface area contributed by atoms with Crippen molar-refractivity contribution in [2.75, 3.05) is 12.4 Å². The molecule has 0 aliphatic carbocycles. The lowest BCUT2D eigenvalue weighted by Gasteiger charge is -2.10. The number of methoxy groups -OCH3 is 1. The van der Waals surface area contributed by atoms with E-state index < -0.39 is 5.91 Å². The number of nitriles is 1. The van der Waals surface area contributed by atoms with Gasteiger partial charge in [-0.05, 0) is 68.0 Å². The molecule has 0 fully saturated rings. The lowest BCUT2D eigenvalue weighted by molar-refractivity contribution is -0.112. The number of carbonyl (C=O) groups excluding carboxylic acids is 1. The van der Waals surface area contributed by atoms with E-state index in [0.29, 0.717) is 11.5 Å². The number of anilines is 1. The number of benzene rings is 1. The van der Waals surface area contributed by atoms with Crippen LogP contribution in [0.25, 0.3) is 17.6 Å². The summed E-state index contributed by atoms with van der Waals surface area (Å²) in [6, 6.07) is 15.0. The number of ether oxygens (including phenoxy) is 1. The summed E-state index contributed by atoms with van der Waals surface area (Å²) in [5.41, 5.74) is 4.10. The lowest BCUT2D eigenvalue weighted by atomic mass is 10.1. The Kier molecular flexibility index (Phi) is 6.00. The average molecular weight is 439 g/mol. The molecule has 3 aromatic heterocycles. The van der Waals surface area contributed by atoms with E-state index in [-0.39, 0.29) is 5.57 Å². The van der Waals surface area contributed by atoms with Gasteiger partial charge in [-0.2, -0.15) is 10.4 Å². The van der Waals surface area contributed by atoms with Gasteiger partial charge in [0.25, 0.3) is 5.91 Å². The number of aryl methyl sites for hydroxylation is 1. The van der Waals surface area contributed by atoms with Gasteiger partial charge in [-0.25, -0.2) is 14.6 Å². The van der Waals surface area contributed by atoms with E-state index in [1.165, 1.54) is 23.5 Å². The van der Waals surface area contributed by atoms with Crippen LogP contribution in [0.4, 0.5) is 5.69 Å². The van der Waals surface area contributed by atoms with Crippen molar-refractivity contribution in [2.45, 2.75) is 13.8 Å². The van der Waals surface area contributed by atoms with Crippen LogP contribution in [0.15, 0.2) is 66.9 Å². The molecule has 3 heterocycles. The Morgan fingerprint density at radius 1 is 1.18 bits per heavy atom. The van der Waals surface area contributed by atoms with Gasteiger partial charge in [-0.1, -0.05) is 0 Å². The fourth-order valence-corrected chi connectivity index (χ4v) is 3.49. The van der Waals surface area contributed by atoms with Crippen molar-refractivity contribution in [3.63, 3.8) is 0 Å². The quantitative estimate of drug-likeness (QED) is 0.363. The first-order chi connectivity index (χ1) is 16.0. The molecule has 33 heavy (non-hydrogen) atoms. The van der Waals surface area contributed by atoms with Gasteiger partial charge in [0.2, 0.25) is 0 Å². The highest BCUT2D eigenvalue weighted by Crippen LogP contribution is 2.24. The molecule has 0 saturated carbocycles. The Bertz CT molecular complexity index is 1340. The maximum Gasteiger partial charge on any atom is 0.266 e. The SMILES string of the molecule is COc1ccc(-n2c(C)cc(C=C(C#N)C(=O)Nc3ccc(-n4cncn4)nc3)c2C)cc1. The number of nitrogens with zero attached hydrogens (tertiary/aromatic N) is 6. The summed E-state index contributed by atoms with van der Waals surface area (Å²) in [4.78, 5) is 20.9. The Morgan fingerprint density at radius 2 is 1.97 bits per heavy atom. The number of nitrogens with one attached hydrogen (secondary N) is 1. The molecule has 0 aliphatic heterocycles. The third-order valence-electron chi connectivity index (χ3n) is 5.13. The van der Waals surface area contributed by atoms with Crippen molar-refractivity contribution in [3.05, 3.63) is 83.8 Å². The summed E-state index contributed by atoms with van der Waals surface area (Å²) < 4.78 is 8.79. The summed E-state index contributed by atoms with van der Waals surface area (Å²) in [5, 5.41) is 16.3. The summed E-state index contributed by atoms with van der Waals surface area (Å²) >= 11 is 0. The van der Waals surface area contributed by atoms with Crippen LogP contribution in [0, 0.1) is 25.2 Å². The fraction of sp³-hybridized carbons (Fsp3) is 0.125. The van der Waals surface area contributed by atoms with Crippen LogP contribution < -0.4 is 10.1 Å². The molecular formula is C24H21N7O2. The zero-order chi connectivity index (χ0) is 23.4. The predicted molar refractivity (Wildman–Crippen MR) is 123 cm³/mol. The standard InChI is InChI=1S/C24H21N7O2/c1-16-10-18(17(2)31(16)21-5-7-22(33-3)8-6-21)11-19(12-25)24(32)29-20-4-9-23(27-13-20)30-15-26-14-28-30/h4-11,13-15H,1-3H3,(H,29,32). The molecule has 0 saturated heterocycles. The molecule has 0 bridgehead atoms. The number of pyridine rings is 1. The first-order valence-corrected chi connectivity index (χ1v) is 10.1. The van der Waals surface area contributed by atoms with Gasteiger partial charge in [0.05, 0.1) is 19.0 Å². The van der Waals surface area contributed by atoms with Crippen LogP contribution in [0.5, 0.6) is 5.75 Å². The lowest BCUT2D eigenvalue weighted by Crippen LogP contribution is -2.14. The largest absolute Gasteiger partial charge is 0.497 e. The van der Waals surface area contributed by atoms with Crippen LogP contribution in [-0.4, -0.2) is 37.3 Å². The number of carbonyl (C=O) groups is 1. The van der Waals surface area contributed by atoms with Crippen molar-refractivity contribution in [2.24, 2.45) is 0 Å². The molecule has 1 N–H and O–H groups in total. The highest BCUT2D eigenvalue weighted by Gasteiger charge is 2.14. The predicted octanol–water partition coefficient (Wildman–Crippen LogP) is 3.62. The number of amides is 1. The molecule has 0 unspecified atom stereocenters.